The quantitative estimate of drug-likeness (QED) is 0.910. The summed E-state index contributed by atoms with van der Waals surface area (Å²) >= 11 is 1.79. The van der Waals surface area contributed by atoms with Crippen molar-refractivity contribution < 1.29 is 4.79 Å². The molecule has 1 N–H and O–H groups in total. The summed E-state index contributed by atoms with van der Waals surface area (Å²) in [6, 6.07) is 0. The summed E-state index contributed by atoms with van der Waals surface area (Å²) in [4.78, 5) is 23.3. The Morgan fingerprint density at radius 1 is 1.26 bits per heavy atom. The maximum atomic E-state index is 12.7. The molecule has 1 unspecified atom stereocenters. The first-order valence-corrected chi connectivity index (χ1v) is 9.83. The summed E-state index contributed by atoms with van der Waals surface area (Å²) < 4.78 is 0. The van der Waals surface area contributed by atoms with Crippen molar-refractivity contribution in [1.82, 2.24) is 20.1 Å². The first-order chi connectivity index (χ1) is 11.3. The molecule has 5 nitrogen and oxygen atoms in total. The van der Waals surface area contributed by atoms with Gasteiger partial charge < -0.3 is 10.2 Å². The summed E-state index contributed by atoms with van der Waals surface area (Å²) in [6.07, 6.45) is 4.80. The lowest BCUT2D eigenvalue weighted by Gasteiger charge is -2.36. The Morgan fingerprint density at radius 2 is 2.09 bits per heavy atom. The third-order valence-corrected chi connectivity index (χ3v) is 6.12. The molecule has 3 aliphatic rings. The van der Waals surface area contributed by atoms with E-state index in [9.17, 15) is 4.79 Å². The fourth-order valence-corrected chi connectivity index (χ4v) is 4.73. The van der Waals surface area contributed by atoms with Gasteiger partial charge in [0.15, 0.2) is 0 Å². The lowest BCUT2D eigenvalue weighted by molar-refractivity contribution is -0.138. The summed E-state index contributed by atoms with van der Waals surface area (Å²) in [7, 11) is 0. The number of carbonyl (C=O) groups excluding carboxylic acids is 1. The normalized spacial score (nSPS) is 26.4. The van der Waals surface area contributed by atoms with Crippen molar-refractivity contribution in [2.24, 2.45) is 5.92 Å². The largest absolute Gasteiger partial charge is 0.340 e. The molecule has 1 aromatic heterocycles. The van der Waals surface area contributed by atoms with Crippen molar-refractivity contribution >= 4 is 17.2 Å². The van der Waals surface area contributed by atoms with Crippen molar-refractivity contribution in [3.8, 4) is 0 Å². The average Bonchev–Trinajstić information content (AvgIpc) is 3.35. The van der Waals surface area contributed by atoms with Crippen LogP contribution in [-0.4, -0.2) is 60.0 Å². The van der Waals surface area contributed by atoms with Gasteiger partial charge in [-0.15, -0.1) is 11.3 Å². The third kappa shape index (κ3) is 3.59. The number of rotatable bonds is 4. The molecular formula is C17H26N4OS. The van der Waals surface area contributed by atoms with Gasteiger partial charge >= 0.3 is 0 Å². The van der Waals surface area contributed by atoms with Crippen LogP contribution >= 0.6 is 11.3 Å². The highest BCUT2D eigenvalue weighted by molar-refractivity contribution is 7.09. The van der Waals surface area contributed by atoms with Gasteiger partial charge in [-0.3, -0.25) is 9.69 Å². The van der Waals surface area contributed by atoms with Gasteiger partial charge in [-0.25, -0.2) is 4.98 Å². The number of thiazole rings is 1. The van der Waals surface area contributed by atoms with Crippen LogP contribution in [0.3, 0.4) is 0 Å². The number of nitrogens with one attached hydrogen (secondary N) is 1. The summed E-state index contributed by atoms with van der Waals surface area (Å²) in [5.74, 6) is 1.29. The second kappa shape index (κ2) is 6.87. The first kappa shape index (κ1) is 15.5. The molecule has 1 atom stereocenters. The zero-order chi connectivity index (χ0) is 15.6. The van der Waals surface area contributed by atoms with Crippen molar-refractivity contribution in [3.63, 3.8) is 0 Å². The molecule has 1 aliphatic carbocycles. The first-order valence-electron chi connectivity index (χ1n) is 8.95. The second-order valence-corrected chi connectivity index (χ2v) is 8.02. The van der Waals surface area contributed by atoms with E-state index in [1.165, 1.54) is 23.4 Å². The molecule has 2 saturated heterocycles. The lowest BCUT2D eigenvalue weighted by Crippen LogP contribution is -2.51. The molecule has 1 amide bonds. The number of hydrogen-bond acceptors (Lipinski definition) is 5. The van der Waals surface area contributed by atoms with Crippen LogP contribution in [0.1, 0.15) is 42.2 Å². The highest BCUT2D eigenvalue weighted by Crippen LogP contribution is 2.42. The number of aromatic nitrogens is 1. The van der Waals surface area contributed by atoms with Gasteiger partial charge in [-0.05, 0) is 32.2 Å². The molecule has 3 fully saturated rings. The maximum Gasteiger partial charge on any atom is 0.227 e. The molecule has 0 radical (unpaired) electrons. The molecule has 126 valence electrons. The van der Waals surface area contributed by atoms with E-state index in [2.05, 4.69) is 20.1 Å². The number of likely N-dealkylation sites (tertiary alicyclic amines) is 1. The van der Waals surface area contributed by atoms with Gasteiger partial charge in [0.1, 0.15) is 0 Å². The van der Waals surface area contributed by atoms with E-state index < -0.39 is 0 Å². The van der Waals surface area contributed by atoms with E-state index in [0.29, 0.717) is 5.91 Å². The highest BCUT2D eigenvalue weighted by Gasteiger charge is 2.32. The second-order valence-electron chi connectivity index (χ2n) is 7.08. The summed E-state index contributed by atoms with van der Waals surface area (Å²) in [5.41, 5.74) is 3.33. The van der Waals surface area contributed by atoms with Crippen LogP contribution in [0.4, 0.5) is 0 Å². The monoisotopic (exact) mass is 334 g/mol. The zero-order valence-electron chi connectivity index (χ0n) is 13.7. The maximum absolute atomic E-state index is 12.7. The number of piperidine rings is 1. The van der Waals surface area contributed by atoms with Crippen LogP contribution in [0, 0.1) is 5.92 Å². The molecule has 0 bridgehead atoms. The van der Waals surface area contributed by atoms with Crippen molar-refractivity contribution in [2.45, 2.75) is 38.1 Å². The van der Waals surface area contributed by atoms with Gasteiger partial charge in [0.2, 0.25) is 5.91 Å². The van der Waals surface area contributed by atoms with Crippen LogP contribution in [0.2, 0.25) is 0 Å². The minimum atomic E-state index is 0.194. The van der Waals surface area contributed by atoms with Gasteiger partial charge in [-0.1, -0.05) is 0 Å². The Labute approximate surface area is 142 Å². The lowest BCUT2D eigenvalue weighted by atomic mass is 9.96. The molecule has 1 saturated carbocycles. The van der Waals surface area contributed by atoms with E-state index in [0.717, 1.165) is 64.6 Å². The molecule has 0 spiro atoms. The van der Waals surface area contributed by atoms with E-state index in [1.54, 1.807) is 11.3 Å². The van der Waals surface area contributed by atoms with Crippen LogP contribution in [-0.2, 0) is 11.3 Å². The fourth-order valence-electron chi connectivity index (χ4n) is 3.83. The van der Waals surface area contributed by atoms with Gasteiger partial charge in [0, 0.05) is 50.1 Å². The Balaban J connectivity index is 1.36. The molecule has 23 heavy (non-hydrogen) atoms. The molecule has 4 rings (SSSR count). The Bertz CT molecular complexity index is 551. The smallest absolute Gasteiger partial charge is 0.227 e. The topological polar surface area (TPSA) is 48.5 Å². The van der Waals surface area contributed by atoms with E-state index in [4.69, 9.17) is 0 Å². The number of piperazine rings is 1. The Morgan fingerprint density at radius 3 is 2.87 bits per heavy atom. The van der Waals surface area contributed by atoms with Crippen molar-refractivity contribution in [2.75, 3.05) is 39.3 Å². The molecule has 2 aliphatic heterocycles. The molecule has 6 heteroatoms. The van der Waals surface area contributed by atoms with Crippen LogP contribution in [0.5, 0.6) is 0 Å². The third-order valence-electron chi connectivity index (χ3n) is 5.29. The van der Waals surface area contributed by atoms with Crippen LogP contribution in [0.25, 0.3) is 0 Å². The van der Waals surface area contributed by atoms with Crippen LogP contribution in [0.15, 0.2) is 5.51 Å². The van der Waals surface area contributed by atoms with E-state index in [-0.39, 0.29) is 5.92 Å². The van der Waals surface area contributed by atoms with Crippen molar-refractivity contribution in [3.05, 3.63) is 16.1 Å². The Hall–Kier alpha value is -0.980. The average molecular weight is 334 g/mol. The van der Waals surface area contributed by atoms with E-state index in [1.807, 2.05) is 5.51 Å². The molecule has 3 heterocycles. The number of carbonyl (C=O) groups is 1. The highest BCUT2D eigenvalue weighted by atomic mass is 32.1. The zero-order valence-corrected chi connectivity index (χ0v) is 14.5. The van der Waals surface area contributed by atoms with Gasteiger partial charge in [0.25, 0.3) is 0 Å². The molecular weight excluding hydrogens is 308 g/mol. The van der Waals surface area contributed by atoms with E-state index >= 15 is 0 Å². The fraction of sp³-hybridized carbons (Fsp3) is 0.765. The number of hydrogen-bond donors (Lipinski definition) is 1. The number of amides is 1. The minimum absolute atomic E-state index is 0.194. The van der Waals surface area contributed by atoms with Crippen LogP contribution < -0.4 is 5.32 Å². The van der Waals surface area contributed by atoms with Crippen molar-refractivity contribution in [1.29, 1.82) is 0 Å². The van der Waals surface area contributed by atoms with Gasteiger partial charge in [-0.2, -0.15) is 0 Å². The SMILES string of the molecule is O=C(C1CCCN(Cc2scnc2C2CC2)C1)N1CCNCC1. The molecule has 1 aromatic rings. The summed E-state index contributed by atoms with van der Waals surface area (Å²) in [6.45, 7) is 6.65. The minimum Gasteiger partial charge on any atom is -0.340 e. The van der Waals surface area contributed by atoms with Gasteiger partial charge in [0.05, 0.1) is 17.1 Å². The Kier molecular flexibility index (Phi) is 4.64. The standard InChI is InChI=1S/C17H26N4OS/c22-17(21-8-5-18-6-9-21)14-2-1-7-20(10-14)11-15-16(13-3-4-13)19-12-23-15/h12-14,18H,1-11H2. The number of nitrogens with zero attached hydrogens (tertiary/aromatic N) is 3. The predicted molar refractivity (Wildman–Crippen MR) is 91.5 cm³/mol. The summed E-state index contributed by atoms with van der Waals surface area (Å²) in [5, 5.41) is 3.32. The predicted octanol–water partition coefficient (Wildman–Crippen LogP) is 1.66. The molecule has 0 aromatic carbocycles.